The third-order valence-corrected chi connectivity index (χ3v) is 5.11. The molecule has 4 nitrogen and oxygen atoms in total. The van der Waals surface area contributed by atoms with Gasteiger partial charge in [-0.15, -0.1) is 0 Å². The van der Waals surface area contributed by atoms with Crippen LogP contribution in [0.1, 0.15) is 45.3 Å². The third kappa shape index (κ3) is 5.17. The van der Waals surface area contributed by atoms with Crippen molar-refractivity contribution < 1.29 is 9.59 Å². The number of pyridine rings is 1. The molecule has 1 amide bonds. The summed E-state index contributed by atoms with van der Waals surface area (Å²) in [4.78, 5) is 30.6. The summed E-state index contributed by atoms with van der Waals surface area (Å²) in [5, 5.41) is 0. The zero-order valence-electron chi connectivity index (χ0n) is 17.2. The van der Waals surface area contributed by atoms with Crippen molar-refractivity contribution in [3.63, 3.8) is 0 Å². The fraction of sp³-hybridized carbons (Fsp3) is 0.240. The van der Waals surface area contributed by atoms with Gasteiger partial charge in [0.1, 0.15) is 0 Å². The van der Waals surface area contributed by atoms with Crippen LogP contribution in [0.15, 0.2) is 66.9 Å². The molecule has 3 rings (SSSR count). The molecule has 0 bridgehead atoms. The van der Waals surface area contributed by atoms with Crippen LogP contribution in [-0.2, 0) is 6.42 Å². The zero-order chi connectivity index (χ0) is 20.8. The van der Waals surface area contributed by atoms with E-state index in [4.69, 9.17) is 0 Å². The Morgan fingerprint density at radius 3 is 1.97 bits per heavy atom. The summed E-state index contributed by atoms with van der Waals surface area (Å²) >= 11 is 0. The minimum atomic E-state index is 0.0174. The van der Waals surface area contributed by atoms with Crippen LogP contribution in [0, 0.1) is 6.92 Å². The molecule has 0 atom stereocenters. The predicted octanol–water partition coefficient (Wildman–Crippen LogP) is 4.96. The van der Waals surface area contributed by atoms with Gasteiger partial charge in [0.25, 0.3) is 5.91 Å². The standard InChI is InChI=1S/C25H26N2O2/c1-4-27(3)25(29)23-14-10-21(11-15-23)20-8-12-22(13-9-20)24(28)16-7-19-6-5-18(2)26-17-19/h5-6,8-15,17H,4,7,16H2,1-3H3. The van der Waals surface area contributed by atoms with Gasteiger partial charge in [0.15, 0.2) is 5.78 Å². The van der Waals surface area contributed by atoms with Gasteiger partial charge in [0, 0.05) is 43.0 Å². The van der Waals surface area contributed by atoms with Gasteiger partial charge in [-0.2, -0.15) is 0 Å². The smallest absolute Gasteiger partial charge is 0.253 e. The van der Waals surface area contributed by atoms with Crippen LogP contribution in [-0.4, -0.2) is 35.2 Å². The van der Waals surface area contributed by atoms with Gasteiger partial charge in [0.05, 0.1) is 0 Å². The first-order valence-electron chi connectivity index (χ1n) is 9.88. The first-order chi connectivity index (χ1) is 14.0. The van der Waals surface area contributed by atoms with Gasteiger partial charge in [-0.1, -0.05) is 42.5 Å². The number of carbonyl (C=O) groups excluding carboxylic acids is 2. The van der Waals surface area contributed by atoms with Gasteiger partial charge >= 0.3 is 0 Å². The summed E-state index contributed by atoms with van der Waals surface area (Å²) in [6.45, 7) is 4.58. The van der Waals surface area contributed by atoms with E-state index >= 15 is 0 Å². The number of amides is 1. The topological polar surface area (TPSA) is 50.3 Å². The molecule has 0 saturated heterocycles. The van der Waals surface area contributed by atoms with Crippen LogP contribution >= 0.6 is 0 Å². The first kappa shape index (κ1) is 20.5. The van der Waals surface area contributed by atoms with E-state index in [-0.39, 0.29) is 11.7 Å². The molecule has 148 valence electrons. The molecule has 0 fully saturated rings. The first-order valence-corrected chi connectivity index (χ1v) is 9.88. The lowest BCUT2D eigenvalue weighted by Gasteiger charge is -2.14. The van der Waals surface area contributed by atoms with Gasteiger partial charge in [-0.25, -0.2) is 0 Å². The number of benzene rings is 2. The van der Waals surface area contributed by atoms with Crippen molar-refractivity contribution in [3.05, 3.63) is 89.2 Å². The fourth-order valence-corrected chi connectivity index (χ4v) is 3.07. The Balaban J connectivity index is 1.64. The lowest BCUT2D eigenvalue weighted by molar-refractivity contribution is 0.0802. The lowest BCUT2D eigenvalue weighted by Crippen LogP contribution is -2.26. The summed E-state index contributed by atoms with van der Waals surface area (Å²) in [6, 6.07) is 19.2. The number of hydrogen-bond donors (Lipinski definition) is 0. The summed E-state index contributed by atoms with van der Waals surface area (Å²) in [5.41, 5.74) is 5.48. The highest BCUT2D eigenvalue weighted by Crippen LogP contribution is 2.21. The molecule has 0 radical (unpaired) electrons. The quantitative estimate of drug-likeness (QED) is 0.539. The molecule has 0 N–H and O–H groups in total. The van der Waals surface area contributed by atoms with Crippen molar-refractivity contribution in [2.45, 2.75) is 26.7 Å². The number of hydrogen-bond acceptors (Lipinski definition) is 3. The fourth-order valence-electron chi connectivity index (χ4n) is 3.07. The predicted molar refractivity (Wildman–Crippen MR) is 116 cm³/mol. The van der Waals surface area contributed by atoms with Crippen LogP contribution in [0.5, 0.6) is 0 Å². The van der Waals surface area contributed by atoms with E-state index in [0.717, 1.165) is 22.4 Å². The number of rotatable bonds is 7. The summed E-state index contributed by atoms with van der Waals surface area (Å²) in [6.07, 6.45) is 2.99. The van der Waals surface area contributed by atoms with Gasteiger partial charge in [0.2, 0.25) is 0 Å². The van der Waals surface area contributed by atoms with E-state index in [2.05, 4.69) is 4.98 Å². The third-order valence-electron chi connectivity index (χ3n) is 5.11. The molecule has 0 unspecified atom stereocenters. The highest BCUT2D eigenvalue weighted by molar-refractivity contribution is 5.97. The zero-order valence-corrected chi connectivity index (χ0v) is 17.2. The molecular formula is C25H26N2O2. The second kappa shape index (κ2) is 9.28. The van der Waals surface area contributed by atoms with Crippen LogP contribution in [0.2, 0.25) is 0 Å². The maximum absolute atomic E-state index is 12.5. The Bertz CT molecular complexity index is 975. The Morgan fingerprint density at radius 2 is 1.45 bits per heavy atom. The maximum Gasteiger partial charge on any atom is 0.253 e. The number of nitrogens with zero attached hydrogens (tertiary/aromatic N) is 2. The molecule has 1 heterocycles. The van der Waals surface area contributed by atoms with Crippen LogP contribution in [0.3, 0.4) is 0 Å². The Kier molecular flexibility index (Phi) is 6.55. The summed E-state index contributed by atoms with van der Waals surface area (Å²) in [5.74, 6) is 0.143. The average Bonchev–Trinajstić information content (AvgIpc) is 2.77. The second-order valence-corrected chi connectivity index (χ2v) is 7.21. The Hall–Kier alpha value is -3.27. The molecule has 0 aliphatic heterocycles. The average molecular weight is 386 g/mol. The number of Topliss-reactive ketones (excluding diaryl/α,β-unsaturated/α-hetero) is 1. The molecule has 0 aliphatic carbocycles. The van der Waals surface area contributed by atoms with Gasteiger partial charge < -0.3 is 4.90 Å². The minimum Gasteiger partial charge on any atom is -0.342 e. The van der Waals surface area contributed by atoms with Crippen molar-refractivity contribution >= 4 is 11.7 Å². The molecular weight excluding hydrogens is 360 g/mol. The summed E-state index contributed by atoms with van der Waals surface area (Å²) < 4.78 is 0. The molecule has 0 spiro atoms. The van der Waals surface area contributed by atoms with Crippen molar-refractivity contribution in [1.82, 2.24) is 9.88 Å². The van der Waals surface area contributed by atoms with Gasteiger partial charge in [-0.3, -0.25) is 14.6 Å². The number of aromatic nitrogens is 1. The SMILES string of the molecule is CCN(C)C(=O)c1ccc(-c2ccc(C(=O)CCc3ccc(C)nc3)cc2)cc1. The Labute approximate surface area is 172 Å². The molecule has 0 saturated carbocycles. The molecule has 29 heavy (non-hydrogen) atoms. The maximum atomic E-state index is 12.5. The molecule has 1 aromatic heterocycles. The number of aryl methyl sites for hydroxylation is 2. The van der Waals surface area contributed by atoms with Crippen molar-refractivity contribution in [3.8, 4) is 11.1 Å². The van der Waals surface area contributed by atoms with E-state index in [1.54, 1.807) is 11.9 Å². The van der Waals surface area contributed by atoms with Gasteiger partial charge in [-0.05, 0) is 55.2 Å². The van der Waals surface area contributed by atoms with E-state index in [1.807, 2.05) is 80.7 Å². The van der Waals surface area contributed by atoms with E-state index in [1.165, 1.54) is 0 Å². The molecule has 2 aromatic carbocycles. The largest absolute Gasteiger partial charge is 0.342 e. The number of ketones is 1. The normalized spacial score (nSPS) is 10.6. The van der Waals surface area contributed by atoms with Crippen molar-refractivity contribution in [2.24, 2.45) is 0 Å². The second-order valence-electron chi connectivity index (χ2n) is 7.21. The monoisotopic (exact) mass is 386 g/mol. The molecule has 4 heteroatoms. The highest BCUT2D eigenvalue weighted by Gasteiger charge is 2.10. The molecule has 3 aromatic rings. The van der Waals surface area contributed by atoms with Crippen molar-refractivity contribution in [1.29, 1.82) is 0 Å². The molecule has 0 aliphatic rings. The van der Waals surface area contributed by atoms with Crippen molar-refractivity contribution in [2.75, 3.05) is 13.6 Å². The van der Waals surface area contributed by atoms with E-state index in [0.29, 0.717) is 30.5 Å². The highest BCUT2D eigenvalue weighted by atomic mass is 16.2. The van der Waals surface area contributed by atoms with E-state index < -0.39 is 0 Å². The number of carbonyl (C=O) groups is 2. The summed E-state index contributed by atoms with van der Waals surface area (Å²) in [7, 11) is 1.79. The minimum absolute atomic E-state index is 0.0174. The van der Waals surface area contributed by atoms with Crippen LogP contribution < -0.4 is 0 Å². The van der Waals surface area contributed by atoms with Crippen LogP contribution in [0.25, 0.3) is 11.1 Å². The lowest BCUT2D eigenvalue weighted by atomic mass is 9.99. The van der Waals surface area contributed by atoms with Crippen LogP contribution in [0.4, 0.5) is 0 Å². The van der Waals surface area contributed by atoms with E-state index in [9.17, 15) is 9.59 Å². The Morgan fingerprint density at radius 1 is 0.862 bits per heavy atom.